The minimum Gasteiger partial charge on any atom is -0.308 e. The Morgan fingerprint density at radius 3 is 2.84 bits per heavy atom. The zero-order valence-corrected chi connectivity index (χ0v) is 11.3. The summed E-state index contributed by atoms with van der Waals surface area (Å²) in [4.78, 5) is 6.48. The summed E-state index contributed by atoms with van der Waals surface area (Å²) in [5.41, 5.74) is 1.84. The van der Waals surface area contributed by atoms with E-state index in [0.29, 0.717) is 0 Å². The van der Waals surface area contributed by atoms with Crippen molar-refractivity contribution in [3.8, 4) is 6.07 Å². The van der Waals surface area contributed by atoms with Gasteiger partial charge in [0.05, 0.1) is 11.6 Å². The molecule has 4 heteroatoms. The first kappa shape index (κ1) is 13.5. The van der Waals surface area contributed by atoms with Crippen LogP contribution in [0.3, 0.4) is 0 Å². The van der Waals surface area contributed by atoms with Crippen LogP contribution in [0.4, 0.5) is 0 Å². The SMILES string of the molecule is CN(C)CCNC(C#N)c1cccc2cccnc12. The van der Waals surface area contributed by atoms with Crippen molar-refractivity contribution in [2.45, 2.75) is 6.04 Å². The van der Waals surface area contributed by atoms with Gasteiger partial charge in [0.2, 0.25) is 0 Å². The van der Waals surface area contributed by atoms with Crippen molar-refractivity contribution >= 4 is 10.9 Å². The highest BCUT2D eigenvalue weighted by atomic mass is 15.1. The fraction of sp³-hybridized carbons (Fsp3) is 0.333. The summed E-state index contributed by atoms with van der Waals surface area (Å²) in [6, 6.07) is 11.9. The van der Waals surface area contributed by atoms with E-state index in [0.717, 1.165) is 29.6 Å². The number of hydrogen-bond donors (Lipinski definition) is 1. The molecule has 4 nitrogen and oxygen atoms in total. The highest BCUT2D eigenvalue weighted by Crippen LogP contribution is 2.21. The molecular formula is C15H18N4. The summed E-state index contributed by atoms with van der Waals surface area (Å²) in [7, 11) is 4.03. The number of nitrogens with zero attached hydrogens (tertiary/aromatic N) is 3. The zero-order valence-electron chi connectivity index (χ0n) is 11.3. The monoisotopic (exact) mass is 254 g/mol. The Morgan fingerprint density at radius 1 is 1.32 bits per heavy atom. The highest BCUT2D eigenvalue weighted by molar-refractivity contribution is 5.82. The van der Waals surface area contributed by atoms with Crippen molar-refractivity contribution < 1.29 is 0 Å². The number of aromatic nitrogens is 1. The van der Waals surface area contributed by atoms with Crippen molar-refractivity contribution in [1.82, 2.24) is 15.2 Å². The van der Waals surface area contributed by atoms with Crippen LogP contribution in [0.2, 0.25) is 0 Å². The van der Waals surface area contributed by atoms with E-state index in [2.05, 4.69) is 21.3 Å². The molecule has 98 valence electrons. The van der Waals surface area contributed by atoms with Crippen LogP contribution < -0.4 is 5.32 Å². The smallest absolute Gasteiger partial charge is 0.123 e. The third-order valence-corrected chi connectivity index (χ3v) is 3.01. The summed E-state index contributed by atoms with van der Waals surface area (Å²) in [5, 5.41) is 13.7. The first-order chi connectivity index (χ1) is 9.22. The zero-order chi connectivity index (χ0) is 13.7. The quantitative estimate of drug-likeness (QED) is 0.886. The molecule has 0 saturated carbocycles. The van der Waals surface area contributed by atoms with Crippen LogP contribution in [0.5, 0.6) is 0 Å². The lowest BCUT2D eigenvalue weighted by atomic mass is 10.0. The maximum Gasteiger partial charge on any atom is 0.123 e. The van der Waals surface area contributed by atoms with E-state index in [-0.39, 0.29) is 6.04 Å². The minimum absolute atomic E-state index is 0.321. The molecule has 0 aliphatic carbocycles. The highest BCUT2D eigenvalue weighted by Gasteiger charge is 2.13. The van der Waals surface area contributed by atoms with Crippen molar-refractivity contribution in [3.05, 3.63) is 42.1 Å². The van der Waals surface area contributed by atoms with Crippen LogP contribution in [-0.2, 0) is 0 Å². The Balaban J connectivity index is 2.24. The second kappa shape index (κ2) is 6.28. The van der Waals surface area contributed by atoms with Gasteiger partial charge in [0.15, 0.2) is 0 Å². The molecule has 19 heavy (non-hydrogen) atoms. The van der Waals surface area contributed by atoms with Gasteiger partial charge in [0.1, 0.15) is 6.04 Å². The Morgan fingerprint density at radius 2 is 2.11 bits per heavy atom. The van der Waals surface area contributed by atoms with Gasteiger partial charge in [-0.2, -0.15) is 5.26 Å². The van der Waals surface area contributed by atoms with Gasteiger partial charge >= 0.3 is 0 Å². The van der Waals surface area contributed by atoms with E-state index in [9.17, 15) is 5.26 Å². The summed E-state index contributed by atoms with van der Waals surface area (Å²) in [6.45, 7) is 1.67. The van der Waals surface area contributed by atoms with Gasteiger partial charge in [0.25, 0.3) is 0 Å². The lowest BCUT2D eigenvalue weighted by molar-refractivity contribution is 0.395. The second-order valence-corrected chi connectivity index (χ2v) is 4.74. The molecule has 0 amide bonds. The molecule has 0 saturated heterocycles. The molecule has 0 bridgehead atoms. The number of benzene rings is 1. The van der Waals surface area contributed by atoms with Crippen LogP contribution in [0.1, 0.15) is 11.6 Å². The molecule has 2 rings (SSSR count). The fourth-order valence-electron chi connectivity index (χ4n) is 2.02. The number of nitrogens with one attached hydrogen (secondary N) is 1. The molecule has 1 aromatic carbocycles. The van der Waals surface area contributed by atoms with Gasteiger partial charge in [-0.1, -0.05) is 24.3 Å². The van der Waals surface area contributed by atoms with Crippen molar-refractivity contribution in [1.29, 1.82) is 5.26 Å². The molecule has 0 fully saturated rings. The number of hydrogen-bond acceptors (Lipinski definition) is 4. The molecule has 1 heterocycles. The Labute approximate surface area is 113 Å². The summed E-state index contributed by atoms with van der Waals surface area (Å²) in [5.74, 6) is 0. The number of likely N-dealkylation sites (N-methyl/N-ethyl adjacent to an activating group) is 1. The van der Waals surface area contributed by atoms with Crippen molar-refractivity contribution in [3.63, 3.8) is 0 Å². The van der Waals surface area contributed by atoms with Crippen molar-refractivity contribution in [2.24, 2.45) is 0 Å². The number of pyridine rings is 1. The molecule has 1 unspecified atom stereocenters. The molecule has 0 spiro atoms. The van der Waals surface area contributed by atoms with Crippen molar-refractivity contribution in [2.75, 3.05) is 27.2 Å². The van der Waals surface area contributed by atoms with E-state index < -0.39 is 0 Å². The van der Waals surface area contributed by atoms with Crippen LogP contribution in [0.25, 0.3) is 10.9 Å². The first-order valence-electron chi connectivity index (χ1n) is 6.34. The second-order valence-electron chi connectivity index (χ2n) is 4.74. The van der Waals surface area contributed by atoms with Gasteiger partial charge < -0.3 is 4.90 Å². The molecule has 1 N–H and O–H groups in total. The largest absolute Gasteiger partial charge is 0.308 e. The molecule has 2 aromatic rings. The lowest BCUT2D eigenvalue weighted by Crippen LogP contribution is -2.29. The Hall–Kier alpha value is -1.96. The number of fused-ring (bicyclic) bond motifs is 1. The standard InChI is InChI=1S/C15H18N4/c1-19(2)10-9-17-14(11-16)13-7-3-5-12-6-4-8-18-15(12)13/h3-8,14,17H,9-10H2,1-2H3. The van der Waals surface area contributed by atoms with E-state index in [1.165, 1.54) is 0 Å². The maximum absolute atomic E-state index is 9.35. The van der Waals surface area contributed by atoms with Gasteiger partial charge in [-0.3, -0.25) is 10.3 Å². The molecule has 0 radical (unpaired) electrons. The van der Waals surface area contributed by atoms with E-state index in [1.54, 1.807) is 6.20 Å². The first-order valence-corrected chi connectivity index (χ1v) is 6.34. The molecule has 1 atom stereocenters. The van der Waals surface area contributed by atoms with Crippen LogP contribution in [-0.4, -0.2) is 37.1 Å². The maximum atomic E-state index is 9.35. The summed E-state index contributed by atoms with van der Waals surface area (Å²) < 4.78 is 0. The van der Waals surface area contributed by atoms with E-state index in [4.69, 9.17) is 0 Å². The van der Waals surface area contributed by atoms with E-state index >= 15 is 0 Å². The molecular weight excluding hydrogens is 236 g/mol. The predicted molar refractivity (Wildman–Crippen MR) is 76.7 cm³/mol. The third kappa shape index (κ3) is 3.28. The predicted octanol–water partition coefficient (Wildman–Crippen LogP) is 1.95. The molecule has 0 aliphatic rings. The number of para-hydroxylation sites is 1. The van der Waals surface area contributed by atoms with Gasteiger partial charge in [-0.15, -0.1) is 0 Å². The summed E-state index contributed by atoms with van der Waals surface area (Å²) in [6.07, 6.45) is 1.76. The molecule has 0 aliphatic heterocycles. The summed E-state index contributed by atoms with van der Waals surface area (Å²) >= 11 is 0. The minimum atomic E-state index is -0.321. The van der Waals surface area contributed by atoms with Gasteiger partial charge in [-0.05, 0) is 20.2 Å². The third-order valence-electron chi connectivity index (χ3n) is 3.01. The van der Waals surface area contributed by atoms with E-state index in [1.807, 2.05) is 44.4 Å². The van der Waals surface area contributed by atoms with Crippen LogP contribution >= 0.6 is 0 Å². The number of rotatable bonds is 5. The molecule has 1 aromatic heterocycles. The van der Waals surface area contributed by atoms with Gasteiger partial charge in [0, 0.05) is 30.2 Å². The Kier molecular flexibility index (Phi) is 4.45. The lowest BCUT2D eigenvalue weighted by Gasteiger charge is -2.15. The van der Waals surface area contributed by atoms with Crippen LogP contribution in [0.15, 0.2) is 36.5 Å². The van der Waals surface area contributed by atoms with Crippen LogP contribution in [0, 0.1) is 11.3 Å². The average Bonchev–Trinajstić information content (AvgIpc) is 2.43. The fourth-order valence-corrected chi connectivity index (χ4v) is 2.02. The number of nitriles is 1. The van der Waals surface area contributed by atoms with Gasteiger partial charge in [-0.25, -0.2) is 0 Å². The average molecular weight is 254 g/mol. The topological polar surface area (TPSA) is 52.0 Å². The normalized spacial score (nSPS) is 12.5. The Bertz CT molecular complexity index is 581.